The number of nitrogens with zero attached hydrogens (tertiary/aromatic N) is 1. The highest BCUT2D eigenvalue weighted by molar-refractivity contribution is 6.03. The van der Waals surface area contributed by atoms with E-state index >= 15 is 0 Å². The summed E-state index contributed by atoms with van der Waals surface area (Å²) in [7, 11) is 0. The summed E-state index contributed by atoms with van der Waals surface area (Å²) in [6.07, 6.45) is 5.07. The zero-order valence-corrected chi connectivity index (χ0v) is 13.4. The first-order valence-electron chi connectivity index (χ1n) is 8.05. The molecule has 1 fully saturated rings. The SMILES string of the molecule is CC(C)(C)OC(=O)N1C(=O)C(C=O)C2CC3=C(CCCC3)C21. The van der Waals surface area contributed by atoms with Crippen molar-refractivity contribution in [2.24, 2.45) is 11.8 Å². The number of aldehydes is 1. The number of hydrogen-bond donors (Lipinski definition) is 0. The fourth-order valence-corrected chi connectivity index (χ4v) is 4.06. The maximum Gasteiger partial charge on any atom is 0.417 e. The van der Waals surface area contributed by atoms with Gasteiger partial charge in [-0.1, -0.05) is 5.57 Å². The van der Waals surface area contributed by atoms with Crippen LogP contribution in [-0.4, -0.2) is 34.8 Å². The Morgan fingerprint density at radius 1 is 1.27 bits per heavy atom. The summed E-state index contributed by atoms with van der Waals surface area (Å²) in [4.78, 5) is 37.6. The minimum atomic E-state index is -0.705. The van der Waals surface area contributed by atoms with Crippen molar-refractivity contribution in [1.29, 1.82) is 0 Å². The molecule has 0 aromatic rings. The number of likely N-dealkylation sites (tertiary alicyclic amines) is 1. The van der Waals surface area contributed by atoms with Gasteiger partial charge < -0.3 is 9.53 Å². The van der Waals surface area contributed by atoms with Crippen molar-refractivity contribution in [3.63, 3.8) is 0 Å². The molecule has 3 rings (SSSR count). The van der Waals surface area contributed by atoms with Gasteiger partial charge in [-0.25, -0.2) is 9.69 Å². The summed E-state index contributed by atoms with van der Waals surface area (Å²) in [5, 5.41) is 0. The maximum absolute atomic E-state index is 12.5. The number of carbonyl (C=O) groups is 3. The lowest BCUT2D eigenvalue weighted by Gasteiger charge is -2.29. The summed E-state index contributed by atoms with van der Waals surface area (Å²) in [6.45, 7) is 5.33. The van der Waals surface area contributed by atoms with Crippen molar-refractivity contribution in [2.45, 2.75) is 64.5 Å². The van der Waals surface area contributed by atoms with Gasteiger partial charge in [-0.2, -0.15) is 0 Å². The molecule has 0 saturated carbocycles. The van der Waals surface area contributed by atoms with E-state index in [9.17, 15) is 14.4 Å². The Morgan fingerprint density at radius 3 is 2.59 bits per heavy atom. The number of fused-ring (bicyclic) bond motifs is 2. The van der Waals surface area contributed by atoms with Crippen LogP contribution in [0.4, 0.5) is 4.79 Å². The van der Waals surface area contributed by atoms with Gasteiger partial charge in [-0.05, 0) is 58.4 Å². The van der Waals surface area contributed by atoms with E-state index in [1.54, 1.807) is 20.8 Å². The highest BCUT2D eigenvalue weighted by Gasteiger charge is 2.56. The molecule has 0 aromatic heterocycles. The zero-order chi connectivity index (χ0) is 16.1. The summed E-state index contributed by atoms with van der Waals surface area (Å²) in [6, 6.07) is -0.257. The number of rotatable bonds is 1. The molecule has 5 heteroatoms. The molecule has 5 nitrogen and oxygen atoms in total. The topological polar surface area (TPSA) is 63.7 Å². The van der Waals surface area contributed by atoms with Crippen LogP contribution in [0.15, 0.2) is 11.1 Å². The Hall–Kier alpha value is -1.65. The van der Waals surface area contributed by atoms with Gasteiger partial charge >= 0.3 is 6.09 Å². The van der Waals surface area contributed by atoms with Crippen molar-refractivity contribution < 1.29 is 19.1 Å². The zero-order valence-electron chi connectivity index (χ0n) is 13.4. The average Bonchev–Trinajstić information content (AvgIpc) is 2.89. The second-order valence-electron chi connectivity index (χ2n) is 7.50. The van der Waals surface area contributed by atoms with Gasteiger partial charge in [0.15, 0.2) is 0 Å². The lowest BCUT2D eigenvalue weighted by Crippen LogP contribution is -2.44. The van der Waals surface area contributed by atoms with Gasteiger partial charge in [0.25, 0.3) is 0 Å². The monoisotopic (exact) mass is 305 g/mol. The molecule has 120 valence electrons. The molecule has 0 spiro atoms. The molecule has 3 atom stereocenters. The van der Waals surface area contributed by atoms with E-state index in [2.05, 4.69) is 0 Å². The third-order valence-corrected chi connectivity index (χ3v) is 4.87. The molecule has 1 saturated heterocycles. The molecular weight excluding hydrogens is 282 g/mol. The van der Waals surface area contributed by atoms with Crippen LogP contribution in [0.2, 0.25) is 0 Å². The molecule has 0 aromatic carbocycles. The van der Waals surface area contributed by atoms with Gasteiger partial charge in [0, 0.05) is 5.92 Å². The Morgan fingerprint density at radius 2 is 1.95 bits per heavy atom. The second-order valence-corrected chi connectivity index (χ2v) is 7.50. The van der Waals surface area contributed by atoms with Gasteiger partial charge in [0.05, 0.1) is 12.0 Å². The van der Waals surface area contributed by atoms with E-state index in [1.165, 1.54) is 16.0 Å². The first-order chi connectivity index (χ1) is 10.3. The van der Waals surface area contributed by atoms with Crippen molar-refractivity contribution in [1.82, 2.24) is 4.90 Å². The molecule has 0 radical (unpaired) electrons. The van der Waals surface area contributed by atoms with Gasteiger partial charge in [-0.15, -0.1) is 0 Å². The van der Waals surface area contributed by atoms with Crippen LogP contribution in [0.25, 0.3) is 0 Å². The summed E-state index contributed by atoms with van der Waals surface area (Å²) in [5.74, 6) is -1.18. The van der Waals surface area contributed by atoms with E-state index in [0.717, 1.165) is 32.1 Å². The third kappa shape index (κ3) is 2.36. The number of ether oxygens (including phenoxy) is 1. The van der Waals surface area contributed by atoms with Gasteiger partial charge in [0.2, 0.25) is 5.91 Å². The normalized spacial score (nSPS) is 31.1. The van der Waals surface area contributed by atoms with Crippen LogP contribution in [-0.2, 0) is 14.3 Å². The number of allylic oxidation sites excluding steroid dienone is 1. The molecule has 1 heterocycles. The van der Waals surface area contributed by atoms with Crippen molar-refractivity contribution in [3.8, 4) is 0 Å². The van der Waals surface area contributed by atoms with Crippen molar-refractivity contribution >= 4 is 18.3 Å². The minimum Gasteiger partial charge on any atom is -0.443 e. The quantitative estimate of drug-likeness (QED) is 0.424. The van der Waals surface area contributed by atoms with E-state index in [4.69, 9.17) is 4.74 Å². The Balaban J connectivity index is 1.94. The van der Waals surface area contributed by atoms with E-state index < -0.39 is 23.5 Å². The first-order valence-corrected chi connectivity index (χ1v) is 8.05. The standard InChI is InChI=1S/C17H23NO4/c1-17(2,3)22-16(21)18-14-11-7-5-4-6-10(11)8-12(14)13(9-19)15(18)20/h9,12-14H,4-8H2,1-3H3. The molecule has 2 amide bonds. The number of hydrogen-bond acceptors (Lipinski definition) is 4. The Bertz CT molecular complexity index is 557. The molecule has 2 aliphatic carbocycles. The van der Waals surface area contributed by atoms with E-state index in [0.29, 0.717) is 6.29 Å². The predicted octanol–water partition coefficient (Wildman–Crippen LogP) is 2.84. The Kier molecular flexibility index (Phi) is 3.62. The fraction of sp³-hybridized carbons (Fsp3) is 0.706. The lowest BCUT2D eigenvalue weighted by atomic mass is 9.90. The molecule has 0 N–H and O–H groups in total. The second kappa shape index (κ2) is 5.21. The van der Waals surface area contributed by atoms with Crippen LogP contribution in [0, 0.1) is 11.8 Å². The first kappa shape index (κ1) is 15.3. The predicted molar refractivity (Wildman–Crippen MR) is 80.0 cm³/mol. The van der Waals surface area contributed by atoms with Crippen LogP contribution in [0.5, 0.6) is 0 Å². The molecular formula is C17H23NO4. The summed E-state index contributed by atoms with van der Waals surface area (Å²) in [5.41, 5.74) is 1.91. The van der Waals surface area contributed by atoms with E-state index in [1.807, 2.05) is 0 Å². The highest BCUT2D eigenvalue weighted by Crippen LogP contribution is 2.49. The minimum absolute atomic E-state index is 0.0828. The van der Waals surface area contributed by atoms with Gasteiger partial charge in [-0.3, -0.25) is 4.79 Å². The third-order valence-electron chi connectivity index (χ3n) is 4.87. The van der Waals surface area contributed by atoms with Gasteiger partial charge in [0.1, 0.15) is 11.9 Å². The number of carbonyl (C=O) groups excluding carboxylic acids is 3. The van der Waals surface area contributed by atoms with Crippen LogP contribution in [0.3, 0.4) is 0 Å². The van der Waals surface area contributed by atoms with Crippen LogP contribution >= 0.6 is 0 Å². The Labute approximate surface area is 130 Å². The smallest absolute Gasteiger partial charge is 0.417 e. The summed E-state index contributed by atoms with van der Waals surface area (Å²) >= 11 is 0. The average molecular weight is 305 g/mol. The van der Waals surface area contributed by atoms with Crippen LogP contribution in [0.1, 0.15) is 52.9 Å². The molecule has 3 unspecified atom stereocenters. The number of imide groups is 1. The molecule has 0 bridgehead atoms. The highest BCUT2D eigenvalue weighted by atomic mass is 16.6. The summed E-state index contributed by atoms with van der Waals surface area (Å²) < 4.78 is 5.40. The maximum atomic E-state index is 12.5. The fourth-order valence-electron chi connectivity index (χ4n) is 4.06. The molecule has 22 heavy (non-hydrogen) atoms. The van der Waals surface area contributed by atoms with E-state index in [-0.39, 0.29) is 12.0 Å². The van der Waals surface area contributed by atoms with Crippen molar-refractivity contribution in [3.05, 3.63) is 11.1 Å². The number of amides is 2. The largest absolute Gasteiger partial charge is 0.443 e. The lowest BCUT2D eigenvalue weighted by molar-refractivity contribution is -0.133. The molecule has 1 aliphatic heterocycles. The van der Waals surface area contributed by atoms with Crippen LogP contribution < -0.4 is 0 Å². The van der Waals surface area contributed by atoms with Crippen molar-refractivity contribution in [2.75, 3.05) is 0 Å². The molecule has 3 aliphatic rings.